The highest BCUT2D eigenvalue weighted by atomic mass is 127. The van der Waals surface area contributed by atoms with Crippen molar-refractivity contribution in [2.75, 3.05) is 11.0 Å². The molecule has 0 amide bonds. The van der Waals surface area contributed by atoms with Crippen LogP contribution in [0.5, 0.6) is 0 Å². The summed E-state index contributed by atoms with van der Waals surface area (Å²) in [6.07, 6.45) is 0. The SMILES string of the molecule is C[C@@]1(CI)CO1. The average Bonchev–Trinajstić information content (AvgIpc) is 2.22. The Morgan fingerprint density at radius 1 is 2.00 bits per heavy atom. The molecule has 1 fully saturated rings. The molecule has 1 heterocycles. The van der Waals surface area contributed by atoms with Crippen molar-refractivity contribution < 1.29 is 4.74 Å². The zero-order valence-corrected chi connectivity index (χ0v) is 5.86. The van der Waals surface area contributed by atoms with E-state index >= 15 is 0 Å². The fraction of sp³-hybridized carbons (Fsp3) is 1.00. The van der Waals surface area contributed by atoms with E-state index in [9.17, 15) is 0 Å². The smallest absolute Gasteiger partial charge is 0.0977 e. The van der Waals surface area contributed by atoms with Crippen LogP contribution in [0.4, 0.5) is 0 Å². The van der Waals surface area contributed by atoms with Gasteiger partial charge in [-0.3, -0.25) is 0 Å². The number of rotatable bonds is 1. The number of hydrogen-bond donors (Lipinski definition) is 0. The third-order valence-electron chi connectivity index (χ3n) is 0.920. The largest absolute Gasteiger partial charge is 0.369 e. The highest BCUT2D eigenvalue weighted by Crippen LogP contribution is 2.27. The summed E-state index contributed by atoms with van der Waals surface area (Å²) in [5.74, 6) is 0. The van der Waals surface area contributed by atoms with Gasteiger partial charge in [-0.15, -0.1) is 0 Å². The number of alkyl halides is 1. The third kappa shape index (κ3) is 0.846. The number of ether oxygens (including phenoxy) is 1. The van der Waals surface area contributed by atoms with Gasteiger partial charge in [0, 0.05) is 4.43 Å². The van der Waals surface area contributed by atoms with Crippen molar-refractivity contribution in [2.24, 2.45) is 0 Å². The Labute approximate surface area is 51.2 Å². The summed E-state index contributed by atoms with van der Waals surface area (Å²) < 4.78 is 6.17. The van der Waals surface area contributed by atoms with Crippen molar-refractivity contribution in [1.29, 1.82) is 0 Å². The molecule has 0 bridgehead atoms. The fourth-order valence-electron chi connectivity index (χ4n) is 0.200. The van der Waals surface area contributed by atoms with E-state index in [1.165, 1.54) is 0 Å². The van der Waals surface area contributed by atoms with Gasteiger partial charge in [0.25, 0.3) is 0 Å². The predicted octanol–water partition coefficient (Wildman–Crippen LogP) is 1.21. The van der Waals surface area contributed by atoms with Gasteiger partial charge >= 0.3 is 0 Å². The number of halogens is 1. The zero-order valence-electron chi connectivity index (χ0n) is 3.70. The van der Waals surface area contributed by atoms with Gasteiger partial charge in [-0.2, -0.15) is 0 Å². The standard InChI is InChI=1S/C4H7IO/c1-4(2-5)3-6-4/h2-3H2,1H3/t4-/m1/s1. The van der Waals surface area contributed by atoms with Gasteiger partial charge in [0.05, 0.1) is 12.2 Å². The Bertz CT molecular complexity index is 58.6. The predicted molar refractivity (Wildman–Crippen MR) is 33.2 cm³/mol. The Morgan fingerprint density at radius 2 is 2.50 bits per heavy atom. The van der Waals surface area contributed by atoms with E-state index in [0.717, 1.165) is 11.0 Å². The van der Waals surface area contributed by atoms with E-state index in [-0.39, 0.29) is 5.60 Å². The first kappa shape index (κ1) is 4.84. The molecule has 2 heteroatoms. The molecule has 0 aliphatic carbocycles. The summed E-state index contributed by atoms with van der Waals surface area (Å²) in [4.78, 5) is 0. The molecule has 0 aromatic heterocycles. The van der Waals surface area contributed by atoms with Crippen LogP contribution in [0.15, 0.2) is 0 Å². The van der Waals surface area contributed by atoms with Gasteiger partial charge in [-0.25, -0.2) is 0 Å². The van der Waals surface area contributed by atoms with Gasteiger partial charge in [0.2, 0.25) is 0 Å². The molecule has 0 aromatic rings. The van der Waals surface area contributed by atoms with Crippen LogP contribution in [0, 0.1) is 0 Å². The Kier molecular flexibility index (Phi) is 1.08. The number of epoxide rings is 1. The lowest BCUT2D eigenvalue weighted by atomic mass is 10.3. The van der Waals surface area contributed by atoms with Crippen molar-refractivity contribution in [3.05, 3.63) is 0 Å². The van der Waals surface area contributed by atoms with E-state index in [4.69, 9.17) is 4.74 Å². The van der Waals surface area contributed by atoms with Crippen molar-refractivity contribution >= 4 is 22.6 Å². The molecule has 36 valence electrons. The van der Waals surface area contributed by atoms with Crippen LogP contribution in [-0.2, 0) is 4.74 Å². The minimum Gasteiger partial charge on any atom is -0.369 e. The van der Waals surface area contributed by atoms with Gasteiger partial charge in [-0.1, -0.05) is 22.6 Å². The van der Waals surface area contributed by atoms with Crippen LogP contribution >= 0.6 is 22.6 Å². The van der Waals surface area contributed by atoms with E-state index in [1.807, 2.05) is 0 Å². The topological polar surface area (TPSA) is 12.5 Å². The quantitative estimate of drug-likeness (QED) is 0.350. The van der Waals surface area contributed by atoms with Crippen LogP contribution in [-0.4, -0.2) is 16.6 Å². The van der Waals surface area contributed by atoms with Crippen molar-refractivity contribution in [2.45, 2.75) is 12.5 Å². The lowest BCUT2D eigenvalue weighted by Gasteiger charge is -1.90. The Hall–Kier alpha value is 0.690. The average molecular weight is 198 g/mol. The summed E-state index contributed by atoms with van der Waals surface area (Å²) in [6.45, 7) is 3.09. The molecule has 0 radical (unpaired) electrons. The van der Waals surface area contributed by atoms with Gasteiger partial charge < -0.3 is 4.74 Å². The normalized spacial score (nSPS) is 43.0. The van der Waals surface area contributed by atoms with Crippen LogP contribution in [0.25, 0.3) is 0 Å². The Balaban J connectivity index is 2.28. The van der Waals surface area contributed by atoms with E-state index in [2.05, 4.69) is 29.5 Å². The minimum absolute atomic E-state index is 0.278. The summed E-state index contributed by atoms with van der Waals surface area (Å²) in [7, 11) is 0. The molecule has 1 rings (SSSR count). The lowest BCUT2D eigenvalue weighted by Crippen LogP contribution is -2.03. The molecule has 1 saturated heterocycles. The third-order valence-corrected chi connectivity index (χ3v) is 2.53. The molecule has 6 heavy (non-hydrogen) atoms. The van der Waals surface area contributed by atoms with Crippen LogP contribution in [0.3, 0.4) is 0 Å². The molecule has 0 aromatic carbocycles. The van der Waals surface area contributed by atoms with Gasteiger partial charge in [0.1, 0.15) is 0 Å². The van der Waals surface area contributed by atoms with Crippen LogP contribution in [0.1, 0.15) is 6.92 Å². The molecule has 1 aliphatic heterocycles. The van der Waals surface area contributed by atoms with Crippen molar-refractivity contribution in [3.63, 3.8) is 0 Å². The molecule has 0 N–H and O–H groups in total. The highest BCUT2D eigenvalue weighted by molar-refractivity contribution is 14.1. The van der Waals surface area contributed by atoms with Crippen molar-refractivity contribution in [3.8, 4) is 0 Å². The first-order chi connectivity index (χ1) is 2.77. The van der Waals surface area contributed by atoms with Crippen LogP contribution < -0.4 is 0 Å². The second kappa shape index (κ2) is 1.33. The molecular weight excluding hydrogens is 191 g/mol. The second-order valence-electron chi connectivity index (χ2n) is 1.87. The zero-order chi connectivity index (χ0) is 4.62. The van der Waals surface area contributed by atoms with Gasteiger partial charge in [0.15, 0.2) is 0 Å². The molecule has 1 nitrogen and oxygen atoms in total. The summed E-state index contributed by atoms with van der Waals surface area (Å²) in [5.41, 5.74) is 0.278. The van der Waals surface area contributed by atoms with E-state index < -0.39 is 0 Å². The maximum absolute atomic E-state index is 5.04. The summed E-state index contributed by atoms with van der Waals surface area (Å²) in [5, 5.41) is 0. The number of hydrogen-bond acceptors (Lipinski definition) is 1. The Morgan fingerprint density at radius 3 is 2.50 bits per heavy atom. The molecule has 0 unspecified atom stereocenters. The van der Waals surface area contributed by atoms with E-state index in [1.54, 1.807) is 0 Å². The molecule has 0 saturated carbocycles. The molecule has 1 aliphatic rings. The lowest BCUT2D eigenvalue weighted by molar-refractivity contribution is 0.351. The molecule has 1 atom stereocenters. The minimum atomic E-state index is 0.278. The second-order valence-corrected chi connectivity index (χ2v) is 2.64. The fourth-order valence-corrected chi connectivity index (χ4v) is 0.641. The van der Waals surface area contributed by atoms with Gasteiger partial charge in [-0.05, 0) is 6.92 Å². The molecular formula is C4H7IO. The maximum atomic E-state index is 5.04. The highest BCUT2D eigenvalue weighted by Gasteiger charge is 2.37. The van der Waals surface area contributed by atoms with E-state index in [0.29, 0.717) is 0 Å². The van der Waals surface area contributed by atoms with Crippen molar-refractivity contribution in [1.82, 2.24) is 0 Å². The summed E-state index contributed by atoms with van der Waals surface area (Å²) in [6, 6.07) is 0. The monoisotopic (exact) mass is 198 g/mol. The first-order valence-electron chi connectivity index (χ1n) is 1.97. The maximum Gasteiger partial charge on any atom is 0.0977 e. The summed E-state index contributed by atoms with van der Waals surface area (Å²) >= 11 is 2.33. The first-order valence-corrected chi connectivity index (χ1v) is 3.49. The molecule has 0 spiro atoms. The van der Waals surface area contributed by atoms with Crippen LogP contribution in [0.2, 0.25) is 0 Å².